The smallest absolute Gasteiger partial charge is 0.418 e. The number of nitrogen functional groups attached to an aromatic ring is 2. The number of hydrogen-bond donors (Lipinski definition) is 3. The van der Waals surface area contributed by atoms with Crippen LogP contribution in [0.1, 0.15) is 44.0 Å². The van der Waals surface area contributed by atoms with Crippen molar-refractivity contribution in [3.63, 3.8) is 0 Å². The van der Waals surface area contributed by atoms with Crippen LogP contribution in [0.25, 0.3) is 11.1 Å². The van der Waals surface area contributed by atoms with Gasteiger partial charge in [-0.25, -0.2) is 19.5 Å². The summed E-state index contributed by atoms with van der Waals surface area (Å²) in [5.74, 6) is 0.598. The number of rotatable bonds is 6. The first-order chi connectivity index (χ1) is 17.8. The van der Waals surface area contributed by atoms with Crippen LogP contribution in [0.4, 0.5) is 27.0 Å². The zero-order chi connectivity index (χ0) is 26.5. The Bertz CT molecular complexity index is 1280. The average molecular weight is 503 g/mol. The standard InChI is InChI=1S/C28H34N6O3/c1-4-23-24(25(29)33-26(30)32-23)19-9-12-21(13-10-19)31-27(35)34(28(36)37-16-17(2)3)22-14-11-18-7-5-6-8-20(18)15-22/h5-10,12-13,17,22H,4,11,14-16H2,1-3H3,(H,31,35)(H4,29,30,32,33). The van der Waals surface area contributed by atoms with E-state index < -0.39 is 12.1 Å². The fraction of sp³-hybridized carbons (Fsp3) is 0.357. The molecule has 0 saturated carbocycles. The first-order valence-corrected chi connectivity index (χ1v) is 12.6. The lowest BCUT2D eigenvalue weighted by molar-refractivity contribution is 0.0882. The monoisotopic (exact) mass is 502 g/mol. The predicted octanol–water partition coefficient (Wildman–Crippen LogP) is 5.05. The third-order valence-corrected chi connectivity index (χ3v) is 6.43. The topological polar surface area (TPSA) is 136 Å². The molecule has 1 aliphatic carbocycles. The Hall–Kier alpha value is -4.14. The van der Waals surface area contributed by atoms with Gasteiger partial charge in [-0.15, -0.1) is 0 Å². The van der Waals surface area contributed by atoms with Crippen molar-refractivity contribution in [1.82, 2.24) is 14.9 Å². The van der Waals surface area contributed by atoms with Crippen LogP contribution in [0.3, 0.4) is 0 Å². The summed E-state index contributed by atoms with van der Waals surface area (Å²) in [4.78, 5) is 36.1. The zero-order valence-electron chi connectivity index (χ0n) is 21.5. The summed E-state index contributed by atoms with van der Waals surface area (Å²) in [6.45, 7) is 6.12. The first-order valence-electron chi connectivity index (χ1n) is 12.6. The van der Waals surface area contributed by atoms with Gasteiger partial charge in [-0.05, 0) is 60.4 Å². The fourth-order valence-electron chi connectivity index (χ4n) is 4.62. The summed E-state index contributed by atoms with van der Waals surface area (Å²) in [5, 5.41) is 2.87. The molecule has 0 radical (unpaired) electrons. The Morgan fingerprint density at radius 1 is 1.08 bits per heavy atom. The van der Waals surface area contributed by atoms with Crippen molar-refractivity contribution in [1.29, 1.82) is 0 Å². The van der Waals surface area contributed by atoms with Crippen LogP contribution in [0.5, 0.6) is 0 Å². The van der Waals surface area contributed by atoms with Crippen molar-refractivity contribution in [2.45, 2.75) is 52.5 Å². The molecule has 1 heterocycles. The van der Waals surface area contributed by atoms with E-state index >= 15 is 0 Å². The summed E-state index contributed by atoms with van der Waals surface area (Å²) < 4.78 is 5.48. The Kier molecular flexibility index (Phi) is 7.91. The number of carbonyl (C=O) groups is 2. The highest BCUT2D eigenvalue weighted by Gasteiger charge is 2.34. The summed E-state index contributed by atoms with van der Waals surface area (Å²) in [7, 11) is 0. The van der Waals surface area contributed by atoms with Crippen molar-refractivity contribution in [3.8, 4) is 11.1 Å². The fourth-order valence-corrected chi connectivity index (χ4v) is 4.62. The second-order valence-electron chi connectivity index (χ2n) is 9.66. The number of aryl methyl sites for hydroxylation is 2. The van der Waals surface area contributed by atoms with E-state index in [1.54, 1.807) is 12.1 Å². The molecule has 0 aliphatic heterocycles. The minimum atomic E-state index is -0.633. The summed E-state index contributed by atoms with van der Waals surface area (Å²) >= 11 is 0. The third-order valence-electron chi connectivity index (χ3n) is 6.43. The van der Waals surface area contributed by atoms with Crippen molar-refractivity contribution in [3.05, 3.63) is 65.4 Å². The highest BCUT2D eigenvalue weighted by Crippen LogP contribution is 2.30. The van der Waals surface area contributed by atoms with Crippen molar-refractivity contribution in [2.75, 3.05) is 23.4 Å². The van der Waals surface area contributed by atoms with E-state index in [0.29, 0.717) is 36.3 Å². The van der Waals surface area contributed by atoms with Crippen LogP contribution < -0.4 is 16.8 Å². The maximum Gasteiger partial charge on any atom is 0.418 e. The Balaban J connectivity index is 1.55. The van der Waals surface area contributed by atoms with Gasteiger partial charge in [0.05, 0.1) is 12.3 Å². The maximum absolute atomic E-state index is 13.4. The number of nitrogens with two attached hydrogens (primary N) is 2. The lowest BCUT2D eigenvalue weighted by Crippen LogP contribution is -2.49. The molecule has 0 saturated heterocycles. The summed E-state index contributed by atoms with van der Waals surface area (Å²) in [6.07, 6.45) is 2.07. The van der Waals surface area contributed by atoms with Gasteiger partial charge in [-0.1, -0.05) is 57.2 Å². The van der Waals surface area contributed by atoms with Crippen molar-refractivity contribution < 1.29 is 14.3 Å². The number of nitrogens with one attached hydrogen (secondary N) is 1. The van der Waals surface area contributed by atoms with Gasteiger partial charge in [0, 0.05) is 17.3 Å². The molecule has 0 spiro atoms. The molecule has 194 valence electrons. The highest BCUT2D eigenvalue weighted by atomic mass is 16.6. The van der Waals surface area contributed by atoms with E-state index in [1.165, 1.54) is 10.5 Å². The van der Waals surface area contributed by atoms with E-state index in [2.05, 4.69) is 21.4 Å². The highest BCUT2D eigenvalue weighted by molar-refractivity contribution is 5.99. The van der Waals surface area contributed by atoms with Crippen LogP contribution >= 0.6 is 0 Å². The number of urea groups is 1. The molecule has 1 aliphatic rings. The SMILES string of the molecule is CCc1nc(N)nc(N)c1-c1ccc(NC(=O)N(C(=O)OCC(C)C)C2CCc3ccccc3C2)cc1. The number of carbonyl (C=O) groups excluding carboxylic acids is 2. The molecule has 4 rings (SSSR count). The van der Waals surface area contributed by atoms with Crippen LogP contribution in [-0.4, -0.2) is 39.6 Å². The minimum Gasteiger partial charge on any atom is -0.449 e. The number of fused-ring (bicyclic) bond motifs is 1. The molecular formula is C28H34N6O3. The maximum atomic E-state index is 13.4. The second-order valence-corrected chi connectivity index (χ2v) is 9.66. The van der Waals surface area contributed by atoms with Gasteiger partial charge in [0.2, 0.25) is 5.95 Å². The van der Waals surface area contributed by atoms with Crippen LogP contribution in [0.2, 0.25) is 0 Å². The quantitative estimate of drug-likeness (QED) is 0.429. The van der Waals surface area contributed by atoms with E-state index in [1.807, 2.05) is 51.1 Å². The number of imide groups is 1. The molecule has 3 amide bonds. The second kappa shape index (κ2) is 11.3. The number of anilines is 3. The van der Waals surface area contributed by atoms with Crippen molar-refractivity contribution >= 4 is 29.6 Å². The molecule has 1 unspecified atom stereocenters. The van der Waals surface area contributed by atoms with E-state index in [4.69, 9.17) is 16.2 Å². The molecule has 37 heavy (non-hydrogen) atoms. The molecule has 0 fully saturated rings. The van der Waals surface area contributed by atoms with Gasteiger partial charge in [0.15, 0.2) is 0 Å². The predicted molar refractivity (Wildman–Crippen MR) is 145 cm³/mol. The van der Waals surface area contributed by atoms with Crippen LogP contribution in [0, 0.1) is 5.92 Å². The van der Waals surface area contributed by atoms with Gasteiger partial charge in [-0.2, -0.15) is 4.98 Å². The average Bonchev–Trinajstić information content (AvgIpc) is 2.87. The van der Waals surface area contributed by atoms with Crippen molar-refractivity contribution in [2.24, 2.45) is 5.92 Å². The van der Waals surface area contributed by atoms with Gasteiger partial charge in [0.25, 0.3) is 0 Å². The van der Waals surface area contributed by atoms with Crippen LogP contribution in [0.15, 0.2) is 48.5 Å². The molecule has 9 heteroatoms. The molecule has 9 nitrogen and oxygen atoms in total. The summed E-state index contributed by atoms with van der Waals surface area (Å²) in [5.41, 5.74) is 17.1. The number of ether oxygens (including phenoxy) is 1. The number of hydrogen-bond acceptors (Lipinski definition) is 7. The third kappa shape index (κ3) is 5.99. The molecule has 1 aromatic heterocycles. The molecule has 3 aromatic rings. The number of benzene rings is 2. The minimum absolute atomic E-state index is 0.136. The Morgan fingerprint density at radius 3 is 2.46 bits per heavy atom. The van der Waals surface area contributed by atoms with Gasteiger partial charge < -0.3 is 21.5 Å². The molecule has 0 bridgehead atoms. The Labute approximate surface area is 217 Å². The number of amides is 3. The zero-order valence-corrected chi connectivity index (χ0v) is 21.5. The van der Waals surface area contributed by atoms with Gasteiger partial charge in [-0.3, -0.25) is 0 Å². The molecule has 2 aromatic carbocycles. The van der Waals surface area contributed by atoms with E-state index in [-0.39, 0.29) is 24.5 Å². The van der Waals surface area contributed by atoms with Gasteiger partial charge in [0.1, 0.15) is 5.82 Å². The van der Waals surface area contributed by atoms with E-state index in [0.717, 1.165) is 23.2 Å². The lowest BCUT2D eigenvalue weighted by Gasteiger charge is -2.33. The Morgan fingerprint density at radius 2 is 1.78 bits per heavy atom. The van der Waals surface area contributed by atoms with Crippen LogP contribution in [-0.2, 0) is 24.0 Å². The molecular weight excluding hydrogens is 468 g/mol. The number of nitrogens with zero attached hydrogens (tertiary/aromatic N) is 3. The molecule has 5 N–H and O–H groups in total. The molecule has 1 atom stereocenters. The first kappa shape index (κ1) is 25.9. The number of aromatic nitrogens is 2. The normalized spacial score (nSPS) is 14.6. The van der Waals surface area contributed by atoms with E-state index in [9.17, 15) is 9.59 Å². The lowest BCUT2D eigenvalue weighted by atomic mass is 9.88. The van der Waals surface area contributed by atoms with Gasteiger partial charge >= 0.3 is 12.1 Å². The largest absolute Gasteiger partial charge is 0.449 e. The summed E-state index contributed by atoms with van der Waals surface area (Å²) in [6, 6.07) is 14.5.